The Labute approximate surface area is 137 Å². The number of nitrogens with one attached hydrogen (secondary N) is 1. The van der Waals surface area contributed by atoms with Gasteiger partial charge in [0.1, 0.15) is 0 Å². The predicted molar refractivity (Wildman–Crippen MR) is 89.3 cm³/mol. The van der Waals surface area contributed by atoms with Crippen molar-refractivity contribution in [2.45, 2.75) is 19.4 Å². The Morgan fingerprint density at radius 3 is 2.65 bits per heavy atom. The molecule has 126 valence electrons. The van der Waals surface area contributed by atoms with Crippen molar-refractivity contribution in [2.24, 2.45) is 0 Å². The average molecular weight is 318 g/mol. The van der Waals surface area contributed by atoms with E-state index >= 15 is 0 Å². The summed E-state index contributed by atoms with van der Waals surface area (Å²) in [5, 5.41) is 3.38. The lowest BCUT2D eigenvalue weighted by molar-refractivity contribution is -0.132. The molecule has 1 aromatic heterocycles. The Kier molecular flexibility index (Phi) is 5.40. The summed E-state index contributed by atoms with van der Waals surface area (Å²) in [6, 6.07) is 2.34. The summed E-state index contributed by atoms with van der Waals surface area (Å²) in [6.45, 7) is 9.28. The van der Waals surface area contributed by atoms with Gasteiger partial charge in [-0.1, -0.05) is 0 Å². The number of piperazine rings is 2. The van der Waals surface area contributed by atoms with E-state index < -0.39 is 0 Å². The number of hydrogen-bond donors (Lipinski definition) is 1. The van der Waals surface area contributed by atoms with Gasteiger partial charge in [0.05, 0.1) is 0 Å². The topological polar surface area (TPSA) is 64.6 Å². The normalized spacial score (nSPS) is 23.1. The third-order valence-electron chi connectivity index (χ3n) is 4.72. The van der Waals surface area contributed by atoms with Crippen LogP contribution in [0, 0.1) is 0 Å². The number of nitrogens with zero attached hydrogens (tertiary/aromatic N) is 5. The van der Waals surface area contributed by atoms with Crippen molar-refractivity contribution < 1.29 is 4.79 Å². The zero-order chi connectivity index (χ0) is 16.1. The van der Waals surface area contributed by atoms with Crippen LogP contribution in [0.4, 0.5) is 5.95 Å². The van der Waals surface area contributed by atoms with Crippen LogP contribution in [-0.2, 0) is 4.79 Å². The van der Waals surface area contributed by atoms with Crippen LogP contribution in [0.1, 0.15) is 13.3 Å². The zero-order valence-corrected chi connectivity index (χ0v) is 13.8. The van der Waals surface area contributed by atoms with Gasteiger partial charge in [0.15, 0.2) is 0 Å². The lowest BCUT2D eigenvalue weighted by atomic mass is 10.2. The molecule has 7 heteroatoms. The van der Waals surface area contributed by atoms with E-state index in [9.17, 15) is 4.79 Å². The molecule has 0 saturated carbocycles. The standard InChI is InChI=1S/C16H26N6O/c1-14-13-17-6-8-20(14)7-3-15(23)21-9-11-22(12-10-21)16-18-4-2-5-19-16/h2,4-5,14,17H,3,6-13H2,1H3/t14-/m0/s1. The Balaban J connectivity index is 1.43. The quantitative estimate of drug-likeness (QED) is 0.830. The van der Waals surface area contributed by atoms with E-state index in [-0.39, 0.29) is 5.91 Å². The van der Waals surface area contributed by atoms with Crippen LogP contribution in [0.25, 0.3) is 0 Å². The molecule has 1 atom stereocenters. The second kappa shape index (κ2) is 7.70. The molecule has 2 aliphatic heterocycles. The number of hydrogen-bond acceptors (Lipinski definition) is 6. The first-order valence-electron chi connectivity index (χ1n) is 8.48. The number of rotatable bonds is 4. The van der Waals surface area contributed by atoms with E-state index in [1.165, 1.54) is 0 Å². The van der Waals surface area contributed by atoms with E-state index in [0.717, 1.165) is 58.3 Å². The van der Waals surface area contributed by atoms with Gasteiger partial charge in [0.2, 0.25) is 11.9 Å². The van der Waals surface area contributed by atoms with Crippen LogP contribution in [0.5, 0.6) is 0 Å². The summed E-state index contributed by atoms with van der Waals surface area (Å²) < 4.78 is 0. The van der Waals surface area contributed by atoms with Crippen LogP contribution in [0.3, 0.4) is 0 Å². The van der Waals surface area contributed by atoms with Crippen LogP contribution in [0.2, 0.25) is 0 Å². The number of carbonyl (C=O) groups excluding carboxylic acids is 1. The summed E-state index contributed by atoms with van der Waals surface area (Å²) in [6.07, 6.45) is 4.13. The lowest BCUT2D eigenvalue weighted by Crippen LogP contribution is -2.52. The average Bonchev–Trinajstić information content (AvgIpc) is 2.62. The van der Waals surface area contributed by atoms with E-state index in [2.05, 4.69) is 32.0 Å². The Bertz CT molecular complexity index is 503. The summed E-state index contributed by atoms with van der Waals surface area (Å²) in [5.41, 5.74) is 0. The molecule has 1 aromatic rings. The van der Waals surface area contributed by atoms with Gasteiger partial charge in [-0.15, -0.1) is 0 Å². The molecule has 0 spiro atoms. The number of aromatic nitrogens is 2. The zero-order valence-electron chi connectivity index (χ0n) is 13.8. The molecule has 3 heterocycles. The van der Waals surface area contributed by atoms with Gasteiger partial charge in [-0.25, -0.2) is 9.97 Å². The molecule has 1 amide bonds. The molecule has 23 heavy (non-hydrogen) atoms. The van der Waals surface area contributed by atoms with E-state index in [4.69, 9.17) is 0 Å². The Hall–Kier alpha value is -1.73. The summed E-state index contributed by atoms with van der Waals surface area (Å²) in [7, 11) is 0. The van der Waals surface area contributed by atoms with Crippen molar-refractivity contribution in [3.63, 3.8) is 0 Å². The van der Waals surface area contributed by atoms with Crippen molar-refractivity contribution in [3.05, 3.63) is 18.5 Å². The molecule has 0 aliphatic carbocycles. The summed E-state index contributed by atoms with van der Waals surface area (Å²) >= 11 is 0. The van der Waals surface area contributed by atoms with E-state index in [1.807, 2.05) is 11.0 Å². The predicted octanol–water partition coefficient (Wildman–Crippen LogP) is -0.191. The first-order chi connectivity index (χ1) is 11.2. The van der Waals surface area contributed by atoms with Gasteiger partial charge in [-0.3, -0.25) is 9.69 Å². The molecule has 0 radical (unpaired) electrons. The maximum Gasteiger partial charge on any atom is 0.225 e. The first kappa shape index (κ1) is 16.1. The highest BCUT2D eigenvalue weighted by molar-refractivity contribution is 5.76. The Morgan fingerprint density at radius 1 is 1.22 bits per heavy atom. The fraction of sp³-hybridized carbons (Fsp3) is 0.688. The summed E-state index contributed by atoms with van der Waals surface area (Å²) in [4.78, 5) is 27.5. The maximum atomic E-state index is 12.4. The minimum absolute atomic E-state index is 0.268. The SMILES string of the molecule is C[C@H]1CNCCN1CCC(=O)N1CCN(c2ncccn2)CC1. The first-order valence-corrected chi connectivity index (χ1v) is 8.48. The molecule has 0 unspecified atom stereocenters. The van der Waals surface area contributed by atoms with Crippen molar-refractivity contribution in [3.8, 4) is 0 Å². The third kappa shape index (κ3) is 4.17. The smallest absolute Gasteiger partial charge is 0.225 e. The molecule has 2 saturated heterocycles. The lowest BCUT2D eigenvalue weighted by Gasteiger charge is -2.36. The molecule has 0 bridgehead atoms. The van der Waals surface area contributed by atoms with Gasteiger partial charge in [-0.2, -0.15) is 0 Å². The highest BCUT2D eigenvalue weighted by atomic mass is 16.2. The number of anilines is 1. The Morgan fingerprint density at radius 2 is 1.96 bits per heavy atom. The second-order valence-electron chi connectivity index (χ2n) is 6.26. The molecule has 1 N–H and O–H groups in total. The van der Waals surface area contributed by atoms with Crippen LogP contribution in [-0.4, -0.2) is 84.1 Å². The maximum absolute atomic E-state index is 12.4. The van der Waals surface area contributed by atoms with Crippen molar-refractivity contribution in [1.29, 1.82) is 0 Å². The van der Waals surface area contributed by atoms with Gasteiger partial charge in [0.25, 0.3) is 0 Å². The largest absolute Gasteiger partial charge is 0.339 e. The highest BCUT2D eigenvalue weighted by Gasteiger charge is 2.24. The molecule has 2 fully saturated rings. The van der Waals surface area contributed by atoms with Crippen molar-refractivity contribution >= 4 is 11.9 Å². The number of amides is 1. The van der Waals surface area contributed by atoms with Crippen LogP contribution in [0.15, 0.2) is 18.5 Å². The molecule has 3 rings (SSSR count). The minimum atomic E-state index is 0.268. The van der Waals surface area contributed by atoms with Gasteiger partial charge < -0.3 is 15.1 Å². The van der Waals surface area contributed by atoms with Gasteiger partial charge in [-0.05, 0) is 13.0 Å². The van der Waals surface area contributed by atoms with E-state index in [0.29, 0.717) is 12.5 Å². The fourth-order valence-electron chi connectivity index (χ4n) is 3.22. The molecular formula is C16H26N6O. The minimum Gasteiger partial charge on any atom is -0.339 e. The molecule has 2 aliphatic rings. The van der Waals surface area contributed by atoms with Crippen LogP contribution < -0.4 is 10.2 Å². The molecule has 0 aromatic carbocycles. The molecular weight excluding hydrogens is 292 g/mol. The van der Waals surface area contributed by atoms with Crippen LogP contribution >= 0.6 is 0 Å². The second-order valence-corrected chi connectivity index (χ2v) is 6.26. The summed E-state index contributed by atoms with van der Waals surface area (Å²) in [5.74, 6) is 1.03. The third-order valence-corrected chi connectivity index (χ3v) is 4.72. The van der Waals surface area contributed by atoms with Gasteiger partial charge >= 0.3 is 0 Å². The number of carbonyl (C=O) groups is 1. The fourth-order valence-corrected chi connectivity index (χ4v) is 3.22. The molecule has 7 nitrogen and oxygen atoms in total. The monoisotopic (exact) mass is 318 g/mol. The van der Waals surface area contributed by atoms with Gasteiger partial charge in [0, 0.05) is 77.2 Å². The van der Waals surface area contributed by atoms with Crippen molar-refractivity contribution in [1.82, 2.24) is 25.1 Å². The highest BCUT2D eigenvalue weighted by Crippen LogP contribution is 2.11. The van der Waals surface area contributed by atoms with Crippen molar-refractivity contribution in [2.75, 3.05) is 57.3 Å². The van der Waals surface area contributed by atoms with E-state index in [1.54, 1.807) is 12.4 Å².